The predicted octanol–water partition coefficient (Wildman–Crippen LogP) is 3.35. The number of nitrogens with one attached hydrogen (secondary N) is 1. The van der Waals surface area contributed by atoms with Crippen LogP contribution in [0.1, 0.15) is 30.1 Å². The molecule has 6 nitrogen and oxygen atoms in total. The van der Waals surface area contributed by atoms with Crippen molar-refractivity contribution < 1.29 is 9.47 Å². The minimum absolute atomic E-state index is 0.335. The molecule has 3 atom stereocenters. The molecule has 0 unspecified atom stereocenters. The first-order valence-electron chi connectivity index (χ1n) is 11.1. The van der Waals surface area contributed by atoms with E-state index in [2.05, 4.69) is 57.2 Å². The average molecular weight is 402 g/mol. The minimum Gasteiger partial charge on any atom is -0.454 e. The normalized spacial score (nSPS) is 32.1. The Morgan fingerprint density at radius 2 is 1.87 bits per heavy atom. The summed E-state index contributed by atoms with van der Waals surface area (Å²) in [5.74, 6) is 4.15. The van der Waals surface area contributed by atoms with Gasteiger partial charge in [-0.25, -0.2) is 4.98 Å². The number of aromatic amines is 1. The molecule has 2 bridgehead atoms. The highest BCUT2D eigenvalue weighted by molar-refractivity contribution is 5.74. The van der Waals surface area contributed by atoms with Crippen LogP contribution in [0.15, 0.2) is 42.5 Å². The van der Waals surface area contributed by atoms with Gasteiger partial charge in [-0.2, -0.15) is 0 Å². The van der Waals surface area contributed by atoms with E-state index in [1.54, 1.807) is 0 Å². The van der Waals surface area contributed by atoms with E-state index in [9.17, 15) is 0 Å². The van der Waals surface area contributed by atoms with Crippen LogP contribution in [-0.4, -0.2) is 58.3 Å². The molecule has 6 heteroatoms. The smallest absolute Gasteiger partial charge is 0.231 e. The van der Waals surface area contributed by atoms with E-state index in [-0.39, 0.29) is 0 Å². The fourth-order valence-corrected chi connectivity index (χ4v) is 6.43. The first-order valence-corrected chi connectivity index (χ1v) is 11.1. The number of rotatable bonds is 3. The SMILES string of the molecule is c1ccc2[nH]c(CN3C[C@@H](c4ccc5c(c4)OCO5)[C@@H]4[C@H]3C3CCN4CC3)nc2c1. The van der Waals surface area contributed by atoms with Crippen molar-refractivity contribution in [2.75, 3.05) is 26.4 Å². The topological polar surface area (TPSA) is 53.6 Å². The number of H-pyrrole nitrogens is 1. The van der Waals surface area contributed by atoms with E-state index >= 15 is 0 Å². The first kappa shape index (κ1) is 17.1. The van der Waals surface area contributed by atoms with E-state index in [0.29, 0.717) is 24.8 Å². The standard InChI is InChI=1S/C24H26N4O2/c1-2-4-19-18(3-1)25-22(26-19)13-28-12-17(16-5-6-20-21(11-16)30-14-29-20)24-23(28)15-7-9-27(24)10-8-15/h1-6,11,15,17,23-24H,7-10,12-14H2,(H,25,26)/t17-,23+,24+/m0/s1. The van der Waals surface area contributed by atoms with Crippen molar-refractivity contribution in [3.63, 3.8) is 0 Å². The molecular formula is C24H26N4O2. The van der Waals surface area contributed by atoms with Gasteiger partial charge in [0.05, 0.1) is 17.6 Å². The Hall–Kier alpha value is -2.57. The monoisotopic (exact) mass is 402 g/mol. The number of nitrogens with zero attached hydrogens (tertiary/aromatic N) is 3. The summed E-state index contributed by atoms with van der Waals surface area (Å²) in [5, 5.41) is 0. The zero-order chi connectivity index (χ0) is 19.7. The average Bonchev–Trinajstić information content (AvgIpc) is 3.51. The highest BCUT2D eigenvalue weighted by atomic mass is 16.7. The molecule has 2 aromatic carbocycles. The number of aromatic nitrogens is 2. The molecule has 1 aromatic heterocycles. The third-order valence-electron chi connectivity index (χ3n) is 7.71. The second-order valence-corrected chi connectivity index (χ2v) is 9.20. The molecular weight excluding hydrogens is 376 g/mol. The molecule has 0 aliphatic carbocycles. The van der Waals surface area contributed by atoms with Gasteiger partial charge >= 0.3 is 0 Å². The lowest BCUT2D eigenvalue weighted by Gasteiger charge is -2.51. The van der Waals surface area contributed by atoms with Gasteiger partial charge in [0, 0.05) is 24.5 Å². The number of para-hydroxylation sites is 2. The molecule has 5 aliphatic rings. The molecule has 4 fully saturated rings. The van der Waals surface area contributed by atoms with Crippen LogP contribution in [0.2, 0.25) is 0 Å². The van der Waals surface area contributed by atoms with Crippen molar-refractivity contribution in [2.24, 2.45) is 5.92 Å². The zero-order valence-electron chi connectivity index (χ0n) is 17.0. The number of hydrogen-bond donors (Lipinski definition) is 1. The Balaban J connectivity index is 1.24. The summed E-state index contributed by atoms with van der Waals surface area (Å²) >= 11 is 0. The van der Waals surface area contributed by atoms with Gasteiger partial charge in [0.1, 0.15) is 5.82 Å². The summed E-state index contributed by atoms with van der Waals surface area (Å²) in [6.45, 7) is 4.78. The first-order chi connectivity index (χ1) is 14.8. The van der Waals surface area contributed by atoms with E-state index in [1.807, 2.05) is 0 Å². The second-order valence-electron chi connectivity index (χ2n) is 9.20. The molecule has 4 saturated heterocycles. The van der Waals surface area contributed by atoms with E-state index in [1.165, 1.54) is 31.5 Å². The summed E-state index contributed by atoms with van der Waals surface area (Å²) in [7, 11) is 0. The largest absolute Gasteiger partial charge is 0.454 e. The lowest BCUT2D eigenvalue weighted by Crippen LogP contribution is -2.60. The molecule has 30 heavy (non-hydrogen) atoms. The third-order valence-corrected chi connectivity index (χ3v) is 7.71. The number of piperidine rings is 3. The summed E-state index contributed by atoms with van der Waals surface area (Å²) < 4.78 is 11.2. The highest BCUT2D eigenvalue weighted by Gasteiger charge is 2.53. The second kappa shape index (κ2) is 6.46. The van der Waals surface area contributed by atoms with Crippen LogP contribution >= 0.6 is 0 Å². The fraction of sp³-hybridized carbons (Fsp3) is 0.458. The lowest BCUT2D eigenvalue weighted by atomic mass is 9.75. The molecule has 154 valence electrons. The quantitative estimate of drug-likeness (QED) is 0.728. The van der Waals surface area contributed by atoms with Crippen LogP contribution in [0.5, 0.6) is 11.5 Å². The molecule has 1 N–H and O–H groups in total. The van der Waals surface area contributed by atoms with Gasteiger partial charge < -0.3 is 14.5 Å². The van der Waals surface area contributed by atoms with Gasteiger partial charge in [0.15, 0.2) is 11.5 Å². The Morgan fingerprint density at radius 3 is 2.77 bits per heavy atom. The molecule has 0 saturated carbocycles. The van der Waals surface area contributed by atoms with Crippen LogP contribution in [-0.2, 0) is 6.54 Å². The summed E-state index contributed by atoms with van der Waals surface area (Å²) in [5.41, 5.74) is 3.57. The maximum absolute atomic E-state index is 5.69. The van der Waals surface area contributed by atoms with E-state index in [0.717, 1.165) is 47.4 Å². The number of hydrogen-bond acceptors (Lipinski definition) is 5. The van der Waals surface area contributed by atoms with Gasteiger partial charge in [-0.05, 0) is 61.7 Å². The fourth-order valence-electron chi connectivity index (χ4n) is 6.43. The third kappa shape index (κ3) is 2.53. The van der Waals surface area contributed by atoms with Crippen LogP contribution in [0.25, 0.3) is 11.0 Å². The van der Waals surface area contributed by atoms with Crippen LogP contribution < -0.4 is 9.47 Å². The number of benzene rings is 2. The van der Waals surface area contributed by atoms with Crippen LogP contribution in [0.4, 0.5) is 0 Å². The summed E-state index contributed by atoms with van der Waals surface area (Å²) in [6, 6.07) is 16.1. The van der Waals surface area contributed by atoms with Crippen molar-refractivity contribution >= 4 is 11.0 Å². The van der Waals surface area contributed by atoms with Crippen molar-refractivity contribution in [3.8, 4) is 11.5 Å². The Kier molecular flexibility index (Phi) is 3.69. The van der Waals surface area contributed by atoms with Crippen LogP contribution in [0.3, 0.4) is 0 Å². The van der Waals surface area contributed by atoms with Gasteiger partial charge in [0.2, 0.25) is 6.79 Å². The van der Waals surface area contributed by atoms with Gasteiger partial charge in [-0.1, -0.05) is 18.2 Å². The number of imidazole rings is 1. The van der Waals surface area contributed by atoms with Gasteiger partial charge in [-0.3, -0.25) is 9.80 Å². The maximum atomic E-state index is 5.69. The van der Waals surface area contributed by atoms with Crippen molar-refractivity contribution in [1.29, 1.82) is 0 Å². The molecule has 8 rings (SSSR count). The molecule has 5 aliphatic heterocycles. The highest BCUT2D eigenvalue weighted by Crippen LogP contribution is 2.48. The Bertz CT molecular complexity index is 1070. The molecule has 3 aromatic rings. The molecule has 0 radical (unpaired) electrons. The molecule has 6 heterocycles. The number of likely N-dealkylation sites (tertiary alicyclic amines) is 1. The van der Waals surface area contributed by atoms with Crippen LogP contribution in [0, 0.1) is 5.92 Å². The van der Waals surface area contributed by atoms with Gasteiger partial charge in [0.25, 0.3) is 0 Å². The molecule has 0 spiro atoms. The molecule has 0 amide bonds. The van der Waals surface area contributed by atoms with Crippen molar-refractivity contribution in [1.82, 2.24) is 19.8 Å². The number of ether oxygens (including phenoxy) is 2. The van der Waals surface area contributed by atoms with Gasteiger partial charge in [-0.15, -0.1) is 0 Å². The Morgan fingerprint density at radius 1 is 1.00 bits per heavy atom. The summed E-state index contributed by atoms with van der Waals surface area (Å²) in [4.78, 5) is 13.9. The predicted molar refractivity (Wildman–Crippen MR) is 114 cm³/mol. The maximum Gasteiger partial charge on any atom is 0.231 e. The van der Waals surface area contributed by atoms with Crippen molar-refractivity contribution in [2.45, 2.75) is 37.4 Å². The summed E-state index contributed by atoms with van der Waals surface area (Å²) in [6.07, 6.45) is 2.65. The van der Waals surface area contributed by atoms with Crippen molar-refractivity contribution in [3.05, 3.63) is 53.9 Å². The lowest BCUT2D eigenvalue weighted by molar-refractivity contribution is -0.00922. The minimum atomic E-state index is 0.335. The Labute approximate surface area is 175 Å². The van der Waals surface area contributed by atoms with E-state index in [4.69, 9.17) is 14.5 Å². The van der Waals surface area contributed by atoms with E-state index < -0.39 is 0 Å². The zero-order valence-corrected chi connectivity index (χ0v) is 17.0. The number of fused-ring (bicyclic) bond motifs is 4.